The average molecular weight is 258 g/mol. The summed E-state index contributed by atoms with van der Waals surface area (Å²) in [6.07, 6.45) is 6.21. The van der Waals surface area contributed by atoms with Crippen LogP contribution in [0.5, 0.6) is 0 Å². The summed E-state index contributed by atoms with van der Waals surface area (Å²) in [6.45, 7) is 0. The second kappa shape index (κ2) is 5.74. The molecule has 3 heteroatoms. The number of amides is 1. The van der Waals surface area contributed by atoms with Gasteiger partial charge >= 0.3 is 0 Å². The first-order valence-electron chi connectivity index (χ1n) is 7.40. The lowest BCUT2D eigenvalue weighted by atomic mass is 9.98. The third kappa shape index (κ3) is 3.16. The second-order valence-electron chi connectivity index (χ2n) is 5.82. The van der Waals surface area contributed by atoms with Crippen LogP contribution in [-0.4, -0.2) is 24.0 Å². The quantitative estimate of drug-likeness (QED) is 0.852. The Morgan fingerprint density at radius 2 is 1.95 bits per heavy atom. The summed E-state index contributed by atoms with van der Waals surface area (Å²) >= 11 is 0. The summed E-state index contributed by atoms with van der Waals surface area (Å²) in [4.78, 5) is 11.7. The summed E-state index contributed by atoms with van der Waals surface area (Å²) < 4.78 is 0. The molecule has 1 aromatic rings. The molecule has 0 aliphatic carbocycles. The van der Waals surface area contributed by atoms with E-state index in [0.717, 1.165) is 19.3 Å². The molecule has 0 aromatic heterocycles. The summed E-state index contributed by atoms with van der Waals surface area (Å²) in [7, 11) is 0. The van der Waals surface area contributed by atoms with Crippen molar-refractivity contribution in [1.29, 1.82) is 0 Å². The monoisotopic (exact) mass is 258 g/mol. The predicted molar refractivity (Wildman–Crippen MR) is 75.9 cm³/mol. The van der Waals surface area contributed by atoms with Gasteiger partial charge in [0.1, 0.15) is 0 Å². The molecular weight excluding hydrogens is 236 g/mol. The number of nitrogens with one attached hydrogen (secondary N) is 2. The lowest BCUT2D eigenvalue weighted by molar-refractivity contribution is -0.122. The zero-order chi connectivity index (χ0) is 13.1. The molecule has 0 bridgehead atoms. The second-order valence-corrected chi connectivity index (χ2v) is 5.82. The van der Waals surface area contributed by atoms with Gasteiger partial charge in [-0.15, -0.1) is 0 Å². The Kier molecular flexibility index (Phi) is 3.83. The van der Waals surface area contributed by atoms with E-state index in [1.165, 1.54) is 18.4 Å². The van der Waals surface area contributed by atoms with Gasteiger partial charge in [-0.1, -0.05) is 36.8 Å². The third-order valence-corrected chi connectivity index (χ3v) is 4.31. The van der Waals surface area contributed by atoms with Crippen LogP contribution in [0.3, 0.4) is 0 Å². The number of carbonyl (C=O) groups excluding carboxylic acids is 1. The van der Waals surface area contributed by atoms with Gasteiger partial charge in [-0.2, -0.15) is 0 Å². The minimum atomic E-state index is 0.233. The van der Waals surface area contributed by atoms with Gasteiger partial charge in [0.2, 0.25) is 5.91 Å². The van der Waals surface area contributed by atoms with Gasteiger partial charge in [0.15, 0.2) is 0 Å². The van der Waals surface area contributed by atoms with Crippen LogP contribution >= 0.6 is 0 Å². The molecule has 1 aromatic carbocycles. The maximum atomic E-state index is 11.7. The van der Waals surface area contributed by atoms with E-state index in [1.807, 2.05) is 0 Å². The van der Waals surface area contributed by atoms with Crippen molar-refractivity contribution in [2.75, 3.05) is 0 Å². The van der Waals surface area contributed by atoms with Gasteiger partial charge < -0.3 is 10.6 Å². The molecule has 1 amide bonds. The SMILES string of the molecule is O=C1CCCCC2N[C@H](Cc3ccccc3)CC2N1. The van der Waals surface area contributed by atoms with E-state index < -0.39 is 0 Å². The van der Waals surface area contributed by atoms with Crippen molar-refractivity contribution in [3.8, 4) is 0 Å². The first-order valence-corrected chi connectivity index (χ1v) is 7.40. The molecule has 2 unspecified atom stereocenters. The van der Waals surface area contributed by atoms with E-state index in [9.17, 15) is 4.79 Å². The minimum absolute atomic E-state index is 0.233. The van der Waals surface area contributed by atoms with Gasteiger partial charge in [-0.25, -0.2) is 0 Å². The van der Waals surface area contributed by atoms with Gasteiger partial charge in [-0.3, -0.25) is 4.79 Å². The number of fused-ring (bicyclic) bond motifs is 1. The van der Waals surface area contributed by atoms with E-state index in [2.05, 4.69) is 41.0 Å². The molecule has 3 nitrogen and oxygen atoms in total. The fourth-order valence-corrected chi connectivity index (χ4v) is 3.37. The Labute approximate surface area is 114 Å². The Morgan fingerprint density at radius 3 is 2.79 bits per heavy atom. The first-order chi connectivity index (χ1) is 9.31. The molecule has 2 N–H and O–H groups in total. The summed E-state index contributed by atoms with van der Waals surface area (Å²) in [5.41, 5.74) is 1.38. The maximum Gasteiger partial charge on any atom is 0.220 e. The van der Waals surface area contributed by atoms with Gasteiger partial charge in [-0.05, 0) is 31.2 Å². The summed E-state index contributed by atoms with van der Waals surface area (Å²) in [6, 6.07) is 11.9. The molecule has 102 valence electrons. The van der Waals surface area contributed by atoms with E-state index in [-0.39, 0.29) is 5.91 Å². The van der Waals surface area contributed by atoms with Crippen molar-refractivity contribution in [2.24, 2.45) is 0 Å². The van der Waals surface area contributed by atoms with Gasteiger partial charge in [0.25, 0.3) is 0 Å². The fraction of sp³-hybridized carbons (Fsp3) is 0.562. The maximum absolute atomic E-state index is 11.7. The van der Waals surface area contributed by atoms with Crippen LogP contribution in [0.15, 0.2) is 30.3 Å². The van der Waals surface area contributed by atoms with Crippen LogP contribution in [0.1, 0.15) is 37.7 Å². The van der Waals surface area contributed by atoms with Crippen molar-refractivity contribution >= 4 is 5.91 Å². The minimum Gasteiger partial charge on any atom is -0.352 e. The predicted octanol–water partition coefficient (Wildman–Crippen LogP) is 2.02. The third-order valence-electron chi connectivity index (χ3n) is 4.31. The van der Waals surface area contributed by atoms with Crippen LogP contribution in [0, 0.1) is 0 Å². The highest BCUT2D eigenvalue weighted by atomic mass is 16.1. The number of benzene rings is 1. The number of hydrogen-bond acceptors (Lipinski definition) is 2. The first kappa shape index (κ1) is 12.7. The highest BCUT2D eigenvalue weighted by molar-refractivity contribution is 5.76. The molecule has 2 aliphatic heterocycles. The fourth-order valence-electron chi connectivity index (χ4n) is 3.37. The molecular formula is C16H22N2O. The zero-order valence-corrected chi connectivity index (χ0v) is 11.3. The van der Waals surface area contributed by atoms with E-state index in [0.29, 0.717) is 24.5 Å². The molecule has 3 rings (SSSR count). The molecule has 2 saturated heterocycles. The van der Waals surface area contributed by atoms with Crippen LogP contribution in [0.25, 0.3) is 0 Å². The van der Waals surface area contributed by atoms with Crippen molar-refractivity contribution in [2.45, 2.75) is 56.7 Å². The number of rotatable bonds is 2. The molecule has 3 atom stereocenters. The molecule has 0 radical (unpaired) electrons. The zero-order valence-electron chi connectivity index (χ0n) is 11.3. The molecule has 0 saturated carbocycles. The average Bonchev–Trinajstić information content (AvgIpc) is 2.75. The highest BCUT2D eigenvalue weighted by Crippen LogP contribution is 2.23. The lowest BCUT2D eigenvalue weighted by Gasteiger charge is -2.23. The molecule has 19 heavy (non-hydrogen) atoms. The standard InChI is InChI=1S/C16H22N2O/c19-16-9-5-4-8-14-15(18-16)11-13(17-14)10-12-6-2-1-3-7-12/h1-3,6-7,13-15,17H,4-5,8-11H2,(H,18,19)/t13-,14?,15?/m1/s1. The van der Waals surface area contributed by atoms with E-state index in [4.69, 9.17) is 0 Å². The van der Waals surface area contributed by atoms with E-state index in [1.54, 1.807) is 0 Å². The lowest BCUT2D eigenvalue weighted by Crippen LogP contribution is -2.44. The molecule has 2 heterocycles. The van der Waals surface area contributed by atoms with Crippen LogP contribution < -0.4 is 10.6 Å². The van der Waals surface area contributed by atoms with Crippen molar-refractivity contribution < 1.29 is 4.79 Å². The largest absolute Gasteiger partial charge is 0.352 e. The smallest absolute Gasteiger partial charge is 0.220 e. The van der Waals surface area contributed by atoms with Gasteiger partial charge in [0.05, 0.1) is 0 Å². The van der Waals surface area contributed by atoms with Crippen LogP contribution in [0.4, 0.5) is 0 Å². The van der Waals surface area contributed by atoms with E-state index >= 15 is 0 Å². The highest BCUT2D eigenvalue weighted by Gasteiger charge is 2.34. The normalized spacial score (nSPS) is 31.2. The molecule has 0 spiro atoms. The number of hydrogen-bond donors (Lipinski definition) is 2. The molecule has 2 aliphatic rings. The van der Waals surface area contributed by atoms with Crippen molar-refractivity contribution in [1.82, 2.24) is 10.6 Å². The topological polar surface area (TPSA) is 41.1 Å². The van der Waals surface area contributed by atoms with Crippen molar-refractivity contribution in [3.63, 3.8) is 0 Å². The van der Waals surface area contributed by atoms with Crippen LogP contribution in [0.2, 0.25) is 0 Å². The Bertz CT molecular complexity index is 432. The Morgan fingerprint density at radius 1 is 1.11 bits per heavy atom. The van der Waals surface area contributed by atoms with Gasteiger partial charge in [0, 0.05) is 24.5 Å². The van der Waals surface area contributed by atoms with Crippen LogP contribution in [-0.2, 0) is 11.2 Å². The summed E-state index contributed by atoms with van der Waals surface area (Å²) in [5.74, 6) is 0.233. The number of carbonyl (C=O) groups is 1. The molecule has 2 fully saturated rings. The Hall–Kier alpha value is -1.35. The summed E-state index contributed by atoms with van der Waals surface area (Å²) in [5, 5.41) is 6.91. The Balaban J connectivity index is 1.63. The van der Waals surface area contributed by atoms with Crippen molar-refractivity contribution in [3.05, 3.63) is 35.9 Å².